The molecule has 6 nitrogen and oxygen atoms in total. The molecule has 462 valence electrons. The van der Waals surface area contributed by atoms with Crippen molar-refractivity contribution < 1.29 is 24.5 Å². The Morgan fingerprint density at radius 1 is 0.346 bits per heavy atom. The van der Waals surface area contributed by atoms with Crippen LogP contribution in [0.1, 0.15) is 399 Å². The molecule has 2 unspecified atom stereocenters. The van der Waals surface area contributed by atoms with Crippen molar-refractivity contribution in [2.45, 2.75) is 411 Å². The van der Waals surface area contributed by atoms with E-state index in [1.54, 1.807) is 6.08 Å². The van der Waals surface area contributed by atoms with Crippen molar-refractivity contribution in [3.63, 3.8) is 0 Å². The van der Waals surface area contributed by atoms with E-state index in [1.165, 1.54) is 327 Å². The standard InChI is InChI=1S/C72H139NO5/c1-3-5-7-9-11-13-15-17-19-21-23-29-32-36-40-44-48-52-56-60-64-70(75)69(68-74)73-71(76)65-61-57-53-49-45-41-37-33-30-26-24-25-27-31-35-39-43-47-51-55-59-63-67-78-72(77)66-62-58-54-50-46-42-38-34-28-22-20-18-16-14-12-10-8-6-4-2/h18,20,60,64,69-70,74-75H,3-17,19,21-59,61-63,65-68H2,1-2H3,(H,73,76)/b20-18-,64-60+. The SMILES string of the molecule is CCCCCCCC/C=C\CCCCCCCCCCCC(=O)OCCCCCCCCCCCCCCCCCCCCCCCCC(=O)NC(CO)C(O)/C=C/CCCCCCCCCCCCCCCCCCCC. The highest BCUT2D eigenvalue weighted by molar-refractivity contribution is 5.76. The molecule has 0 aromatic heterocycles. The van der Waals surface area contributed by atoms with Crippen LogP contribution in [0.2, 0.25) is 0 Å². The summed E-state index contributed by atoms with van der Waals surface area (Å²) >= 11 is 0. The Balaban J connectivity index is 3.39. The largest absolute Gasteiger partial charge is 0.466 e. The highest BCUT2D eigenvalue weighted by Gasteiger charge is 2.18. The number of hydrogen-bond donors (Lipinski definition) is 3. The van der Waals surface area contributed by atoms with Gasteiger partial charge in [-0.25, -0.2) is 0 Å². The molecule has 0 aromatic carbocycles. The Hall–Kier alpha value is -1.66. The monoisotopic (exact) mass is 1100 g/mol. The lowest BCUT2D eigenvalue weighted by Gasteiger charge is -2.20. The summed E-state index contributed by atoms with van der Waals surface area (Å²) in [6.45, 7) is 4.94. The number of aliphatic hydroxyl groups is 2. The summed E-state index contributed by atoms with van der Waals surface area (Å²) in [6, 6.07) is -0.629. The number of unbranched alkanes of at least 4 members (excludes halogenated alkanes) is 54. The molecule has 0 aliphatic heterocycles. The van der Waals surface area contributed by atoms with E-state index in [1.807, 2.05) is 6.08 Å². The quantitative estimate of drug-likeness (QED) is 0.0320. The first-order valence-electron chi connectivity index (χ1n) is 35.6. The van der Waals surface area contributed by atoms with Crippen molar-refractivity contribution in [3.05, 3.63) is 24.3 Å². The first kappa shape index (κ1) is 76.3. The summed E-state index contributed by atoms with van der Waals surface area (Å²) in [6.07, 6.45) is 85.4. The Morgan fingerprint density at radius 2 is 0.603 bits per heavy atom. The topological polar surface area (TPSA) is 95.9 Å². The van der Waals surface area contributed by atoms with Gasteiger partial charge in [-0.05, 0) is 57.8 Å². The zero-order valence-corrected chi connectivity index (χ0v) is 52.9. The van der Waals surface area contributed by atoms with Gasteiger partial charge in [0.25, 0.3) is 0 Å². The van der Waals surface area contributed by atoms with Gasteiger partial charge in [0.2, 0.25) is 5.91 Å². The Bertz CT molecular complexity index is 1220. The molecule has 0 heterocycles. The Labute approximate surface area is 488 Å². The zero-order chi connectivity index (χ0) is 56.4. The van der Waals surface area contributed by atoms with Gasteiger partial charge >= 0.3 is 5.97 Å². The molecule has 0 saturated heterocycles. The average Bonchev–Trinajstić information content (AvgIpc) is 3.44. The number of rotatable bonds is 67. The van der Waals surface area contributed by atoms with E-state index < -0.39 is 12.1 Å². The van der Waals surface area contributed by atoms with Crippen LogP contribution in [0.4, 0.5) is 0 Å². The molecular formula is C72H139NO5. The number of hydrogen-bond acceptors (Lipinski definition) is 5. The molecule has 0 saturated carbocycles. The van der Waals surface area contributed by atoms with Crippen molar-refractivity contribution in [3.8, 4) is 0 Å². The summed E-state index contributed by atoms with van der Waals surface area (Å²) in [5.41, 5.74) is 0. The number of allylic oxidation sites excluding steroid dienone is 3. The lowest BCUT2D eigenvalue weighted by molar-refractivity contribution is -0.143. The summed E-state index contributed by atoms with van der Waals surface area (Å²) in [4.78, 5) is 24.6. The van der Waals surface area contributed by atoms with Gasteiger partial charge in [0, 0.05) is 12.8 Å². The van der Waals surface area contributed by atoms with Crippen molar-refractivity contribution in [1.82, 2.24) is 5.32 Å². The molecule has 1 amide bonds. The van der Waals surface area contributed by atoms with Gasteiger partial charge in [-0.15, -0.1) is 0 Å². The molecule has 0 radical (unpaired) electrons. The van der Waals surface area contributed by atoms with Gasteiger partial charge in [0.15, 0.2) is 0 Å². The van der Waals surface area contributed by atoms with Crippen molar-refractivity contribution in [2.75, 3.05) is 13.2 Å². The highest BCUT2D eigenvalue weighted by atomic mass is 16.5. The van der Waals surface area contributed by atoms with Crippen LogP contribution in [-0.2, 0) is 14.3 Å². The van der Waals surface area contributed by atoms with Gasteiger partial charge in [-0.3, -0.25) is 9.59 Å². The summed E-state index contributed by atoms with van der Waals surface area (Å²) in [5.74, 6) is -0.0510. The van der Waals surface area contributed by atoms with Gasteiger partial charge in [0.05, 0.1) is 25.4 Å². The maximum Gasteiger partial charge on any atom is 0.305 e. The maximum absolute atomic E-state index is 12.5. The second-order valence-corrected chi connectivity index (χ2v) is 24.6. The number of carbonyl (C=O) groups excluding carboxylic acids is 2. The Morgan fingerprint density at radius 3 is 0.910 bits per heavy atom. The smallest absolute Gasteiger partial charge is 0.305 e. The number of carbonyl (C=O) groups is 2. The molecule has 0 fully saturated rings. The minimum Gasteiger partial charge on any atom is -0.466 e. The molecule has 0 aromatic rings. The molecule has 0 rings (SSSR count). The molecule has 3 N–H and O–H groups in total. The fourth-order valence-electron chi connectivity index (χ4n) is 11.3. The maximum atomic E-state index is 12.5. The van der Waals surface area contributed by atoms with Crippen LogP contribution < -0.4 is 5.32 Å². The fraction of sp³-hybridized carbons (Fsp3) is 0.917. The van der Waals surface area contributed by atoms with E-state index in [9.17, 15) is 19.8 Å². The van der Waals surface area contributed by atoms with Gasteiger partial charge in [0.1, 0.15) is 0 Å². The molecule has 0 spiro atoms. The van der Waals surface area contributed by atoms with Gasteiger partial charge in [-0.2, -0.15) is 0 Å². The van der Waals surface area contributed by atoms with Crippen molar-refractivity contribution >= 4 is 11.9 Å². The van der Waals surface area contributed by atoms with Crippen molar-refractivity contribution in [2.24, 2.45) is 0 Å². The third-order valence-corrected chi connectivity index (χ3v) is 16.7. The van der Waals surface area contributed by atoms with E-state index >= 15 is 0 Å². The zero-order valence-electron chi connectivity index (χ0n) is 52.9. The number of nitrogens with one attached hydrogen (secondary N) is 1. The summed E-state index contributed by atoms with van der Waals surface area (Å²) in [7, 11) is 0. The van der Waals surface area contributed by atoms with Gasteiger partial charge in [-0.1, -0.05) is 353 Å². The number of aliphatic hydroxyl groups excluding tert-OH is 2. The van der Waals surface area contributed by atoms with Crippen LogP contribution in [-0.4, -0.2) is 47.4 Å². The third-order valence-electron chi connectivity index (χ3n) is 16.7. The molecule has 0 aliphatic carbocycles. The summed E-state index contributed by atoms with van der Waals surface area (Å²) < 4.78 is 5.51. The molecule has 0 bridgehead atoms. The minimum absolute atomic E-state index is 0.0132. The number of ether oxygens (including phenoxy) is 1. The molecule has 6 heteroatoms. The Kier molecular flexibility index (Phi) is 66.4. The van der Waals surface area contributed by atoms with E-state index in [2.05, 4.69) is 31.3 Å². The van der Waals surface area contributed by atoms with Crippen LogP contribution in [0.25, 0.3) is 0 Å². The van der Waals surface area contributed by atoms with Crippen LogP contribution in [0.5, 0.6) is 0 Å². The predicted octanol–water partition coefficient (Wildman–Crippen LogP) is 22.9. The number of amides is 1. The molecule has 2 atom stereocenters. The first-order valence-corrected chi connectivity index (χ1v) is 35.6. The van der Waals surface area contributed by atoms with E-state index in [4.69, 9.17) is 4.74 Å². The minimum atomic E-state index is -0.845. The van der Waals surface area contributed by atoms with Crippen LogP contribution in [0, 0.1) is 0 Å². The highest BCUT2D eigenvalue weighted by Crippen LogP contribution is 2.19. The van der Waals surface area contributed by atoms with Crippen LogP contribution in [0.3, 0.4) is 0 Å². The normalized spacial score (nSPS) is 12.6. The first-order chi connectivity index (χ1) is 38.5. The van der Waals surface area contributed by atoms with Gasteiger partial charge < -0.3 is 20.3 Å². The van der Waals surface area contributed by atoms with E-state index in [0.717, 1.165) is 44.9 Å². The predicted molar refractivity (Wildman–Crippen MR) is 343 cm³/mol. The second kappa shape index (κ2) is 67.8. The van der Waals surface area contributed by atoms with Crippen molar-refractivity contribution in [1.29, 1.82) is 0 Å². The van der Waals surface area contributed by atoms with E-state index in [0.29, 0.717) is 19.4 Å². The third kappa shape index (κ3) is 63.5. The van der Waals surface area contributed by atoms with Crippen LogP contribution in [0.15, 0.2) is 24.3 Å². The lowest BCUT2D eigenvalue weighted by atomic mass is 10.0. The average molecular weight is 1100 g/mol. The fourth-order valence-corrected chi connectivity index (χ4v) is 11.3. The molecule has 78 heavy (non-hydrogen) atoms. The summed E-state index contributed by atoms with van der Waals surface area (Å²) in [5, 5.41) is 23.2. The van der Waals surface area contributed by atoms with Crippen LogP contribution >= 0.6 is 0 Å². The lowest BCUT2D eigenvalue weighted by Crippen LogP contribution is -2.45. The van der Waals surface area contributed by atoms with E-state index in [-0.39, 0.29) is 18.5 Å². The number of esters is 1. The second-order valence-electron chi connectivity index (χ2n) is 24.6. The molecule has 0 aliphatic rings. The molecular weight excluding hydrogens is 959 g/mol.